The molecule has 6 nitrogen and oxygen atoms in total. The molecule has 0 radical (unpaired) electrons. The molecular weight excluding hydrogens is 427 g/mol. The van der Waals surface area contributed by atoms with Crippen LogP contribution in [0.15, 0.2) is 29.3 Å². The van der Waals surface area contributed by atoms with Crippen LogP contribution >= 0.6 is 24.0 Å². The van der Waals surface area contributed by atoms with Gasteiger partial charge in [0, 0.05) is 19.1 Å². The number of benzene rings is 1. The third-order valence-corrected chi connectivity index (χ3v) is 4.20. The Morgan fingerprint density at radius 1 is 1.13 bits per heavy atom. The van der Waals surface area contributed by atoms with Crippen LogP contribution in [-0.4, -0.2) is 34.0 Å². The van der Waals surface area contributed by atoms with Crippen molar-refractivity contribution in [3.05, 3.63) is 35.4 Å². The van der Waals surface area contributed by atoms with Crippen molar-refractivity contribution in [3.8, 4) is 0 Å². The molecule has 0 bridgehead atoms. The predicted molar refractivity (Wildman–Crippen MR) is 107 cm³/mol. The zero-order valence-electron chi connectivity index (χ0n) is 14.3. The lowest BCUT2D eigenvalue weighted by Crippen LogP contribution is -2.47. The molecule has 23 heavy (non-hydrogen) atoms. The van der Waals surface area contributed by atoms with Crippen molar-refractivity contribution < 1.29 is 8.42 Å². The van der Waals surface area contributed by atoms with E-state index in [-0.39, 0.29) is 35.3 Å². The first-order valence-corrected chi connectivity index (χ1v) is 8.78. The van der Waals surface area contributed by atoms with Gasteiger partial charge in [0.1, 0.15) is 0 Å². The first-order valence-electron chi connectivity index (χ1n) is 7.13. The van der Waals surface area contributed by atoms with Gasteiger partial charge in [-0.25, -0.2) is 13.1 Å². The van der Waals surface area contributed by atoms with Crippen LogP contribution in [0.5, 0.6) is 0 Å². The van der Waals surface area contributed by atoms with E-state index < -0.39 is 10.0 Å². The Bertz CT molecular complexity index is 607. The average Bonchev–Trinajstić information content (AvgIpc) is 2.43. The van der Waals surface area contributed by atoms with E-state index in [0.29, 0.717) is 6.54 Å². The molecule has 1 aromatic carbocycles. The second kappa shape index (κ2) is 9.43. The quantitative estimate of drug-likeness (QED) is 0.360. The van der Waals surface area contributed by atoms with E-state index in [1.807, 2.05) is 24.3 Å². The maximum absolute atomic E-state index is 11.5. The molecule has 0 aromatic heterocycles. The van der Waals surface area contributed by atoms with Crippen molar-refractivity contribution in [2.45, 2.75) is 38.6 Å². The van der Waals surface area contributed by atoms with Gasteiger partial charge in [-0.3, -0.25) is 4.99 Å². The lowest BCUT2D eigenvalue weighted by atomic mass is 10.1. The monoisotopic (exact) mass is 454 g/mol. The van der Waals surface area contributed by atoms with Crippen LogP contribution in [0.3, 0.4) is 0 Å². The van der Waals surface area contributed by atoms with E-state index in [1.54, 1.807) is 7.05 Å². The van der Waals surface area contributed by atoms with E-state index in [1.165, 1.54) is 7.05 Å². The molecule has 0 amide bonds. The number of sulfonamides is 1. The number of nitrogens with zero attached hydrogens (tertiary/aromatic N) is 1. The second-order valence-corrected chi connectivity index (χ2v) is 8.01. The Labute approximate surface area is 156 Å². The lowest BCUT2D eigenvalue weighted by Gasteiger charge is -2.23. The normalized spacial score (nSPS) is 12.5. The fraction of sp³-hybridized carbons (Fsp3) is 0.533. The Hall–Kier alpha value is -0.870. The highest BCUT2D eigenvalue weighted by molar-refractivity contribution is 14.0. The van der Waals surface area contributed by atoms with Crippen LogP contribution in [0.4, 0.5) is 0 Å². The molecule has 1 aromatic rings. The van der Waals surface area contributed by atoms with Gasteiger partial charge in [0.2, 0.25) is 10.0 Å². The Morgan fingerprint density at radius 3 is 2.09 bits per heavy atom. The van der Waals surface area contributed by atoms with Gasteiger partial charge in [0.15, 0.2) is 5.96 Å². The standard InChI is InChI=1S/C15H26N4O2S.HI/c1-15(2,3)19-14(16-4)18-10-12-6-8-13(9-7-12)11-22(20,21)17-5;/h6-9,17H,10-11H2,1-5H3,(H2,16,18,19);1H. The Morgan fingerprint density at radius 2 is 1.65 bits per heavy atom. The highest BCUT2D eigenvalue weighted by Gasteiger charge is 2.12. The summed E-state index contributed by atoms with van der Waals surface area (Å²) in [4.78, 5) is 4.17. The molecule has 0 heterocycles. The van der Waals surface area contributed by atoms with Gasteiger partial charge in [0.05, 0.1) is 5.75 Å². The SMILES string of the molecule is CN=C(NCc1ccc(CS(=O)(=O)NC)cc1)NC(C)(C)C.I. The average molecular weight is 454 g/mol. The largest absolute Gasteiger partial charge is 0.352 e. The highest BCUT2D eigenvalue weighted by Crippen LogP contribution is 2.08. The zero-order valence-corrected chi connectivity index (χ0v) is 17.5. The number of hydrogen-bond donors (Lipinski definition) is 3. The minimum atomic E-state index is -3.23. The zero-order chi connectivity index (χ0) is 16.8. The molecule has 3 N–H and O–H groups in total. The summed E-state index contributed by atoms with van der Waals surface area (Å²) in [6, 6.07) is 7.48. The van der Waals surface area contributed by atoms with E-state index in [2.05, 4.69) is 41.1 Å². The maximum Gasteiger partial charge on any atom is 0.215 e. The number of guanidine groups is 1. The number of halogens is 1. The Balaban J connectivity index is 0.00000484. The molecule has 0 saturated carbocycles. The van der Waals surface area contributed by atoms with Gasteiger partial charge in [0.25, 0.3) is 0 Å². The molecule has 0 aliphatic carbocycles. The minimum absolute atomic E-state index is 0. The van der Waals surface area contributed by atoms with Crippen molar-refractivity contribution in [2.75, 3.05) is 14.1 Å². The van der Waals surface area contributed by atoms with Crippen LogP contribution in [0.2, 0.25) is 0 Å². The summed E-state index contributed by atoms with van der Waals surface area (Å²) >= 11 is 0. The van der Waals surface area contributed by atoms with Crippen molar-refractivity contribution >= 4 is 40.0 Å². The third kappa shape index (κ3) is 9.11. The third-order valence-electron chi connectivity index (χ3n) is 2.87. The van der Waals surface area contributed by atoms with Crippen molar-refractivity contribution in [1.29, 1.82) is 0 Å². The summed E-state index contributed by atoms with van der Waals surface area (Å²) in [6.45, 7) is 6.82. The maximum atomic E-state index is 11.5. The van der Waals surface area contributed by atoms with E-state index in [0.717, 1.165) is 17.1 Å². The number of hydrogen-bond acceptors (Lipinski definition) is 3. The molecule has 1 rings (SSSR count). The first-order chi connectivity index (χ1) is 10.1. The van der Waals surface area contributed by atoms with Gasteiger partial charge in [-0.05, 0) is 38.9 Å². The van der Waals surface area contributed by atoms with E-state index >= 15 is 0 Å². The number of rotatable bonds is 5. The summed E-state index contributed by atoms with van der Waals surface area (Å²) in [6.07, 6.45) is 0. The van der Waals surface area contributed by atoms with Crippen LogP contribution in [0.1, 0.15) is 31.9 Å². The smallest absolute Gasteiger partial charge is 0.215 e. The summed E-state index contributed by atoms with van der Waals surface area (Å²) in [5, 5.41) is 6.51. The lowest BCUT2D eigenvalue weighted by molar-refractivity contribution is 0.501. The molecule has 0 aliphatic rings. The van der Waals surface area contributed by atoms with Crippen molar-refractivity contribution in [1.82, 2.24) is 15.4 Å². The van der Waals surface area contributed by atoms with Crippen LogP contribution < -0.4 is 15.4 Å². The number of nitrogens with one attached hydrogen (secondary N) is 3. The molecule has 0 unspecified atom stereocenters. The minimum Gasteiger partial charge on any atom is -0.352 e. The predicted octanol–water partition coefficient (Wildman–Crippen LogP) is 1.82. The molecule has 0 spiro atoms. The summed E-state index contributed by atoms with van der Waals surface area (Å²) < 4.78 is 25.3. The van der Waals surface area contributed by atoms with Gasteiger partial charge in [-0.2, -0.15) is 0 Å². The van der Waals surface area contributed by atoms with E-state index in [4.69, 9.17) is 0 Å². The van der Waals surface area contributed by atoms with Crippen molar-refractivity contribution in [2.24, 2.45) is 4.99 Å². The fourth-order valence-electron chi connectivity index (χ4n) is 1.77. The summed E-state index contributed by atoms with van der Waals surface area (Å²) in [5.74, 6) is 0.721. The molecule has 0 aliphatic heterocycles. The highest BCUT2D eigenvalue weighted by atomic mass is 127. The summed E-state index contributed by atoms with van der Waals surface area (Å²) in [5.41, 5.74) is 1.76. The molecule has 0 fully saturated rings. The topological polar surface area (TPSA) is 82.6 Å². The molecule has 8 heteroatoms. The van der Waals surface area contributed by atoms with Gasteiger partial charge < -0.3 is 10.6 Å². The molecule has 132 valence electrons. The number of aliphatic imine (C=N–C) groups is 1. The Kier molecular flexibility index (Phi) is 9.07. The summed E-state index contributed by atoms with van der Waals surface area (Å²) in [7, 11) is -0.0831. The van der Waals surface area contributed by atoms with Crippen molar-refractivity contribution in [3.63, 3.8) is 0 Å². The molecule has 0 saturated heterocycles. The first kappa shape index (κ1) is 22.1. The van der Waals surface area contributed by atoms with Crippen LogP contribution in [-0.2, 0) is 22.3 Å². The molecular formula is C15H27IN4O2S. The van der Waals surface area contributed by atoms with Gasteiger partial charge >= 0.3 is 0 Å². The van der Waals surface area contributed by atoms with Crippen LogP contribution in [0.25, 0.3) is 0 Å². The van der Waals surface area contributed by atoms with Gasteiger partial charge in [-0.15, -0.1) is 24.0 Å². The second-order valence-electron chi connectivity index (χ2n) is 6.08. The fourth-order valence-corrected chi connectivity index (χ4v) is 2.54. The van der Waals surface area contributed by atoms with E-state index in [9.17, 15) is 8.42 Å². The molecule has 0 atom stereocenters. The van der Waals surface area contributed by atoms with Crippen LogP contribution in [0, 0.1) is 0 Å². The van der Waals surface area contributed by atoms with Gasteiger partial charge in [-0.1, -0.05) is 24.3 Å².